The zero-order chi connectivity index (χ0) is 28.1. The van der Waals surface area contributed by atoms with E-state index < -0.39 is 0 Å². The van der Waals surface area contributed by atoms with Gasteiger partial charge in [-0.25, -0.2) is 0 Å². The Labute approximate surface area is 240 Å². The second kappa shape index (κ2) is 15.8. The lowest BCUT2D eigenvalue weighted by molar-refractivity contribution is -0.683. The second-order valence-corrected chi connectivity index (χ2v) is 12.9. The van der Waals surface area contributed by atoms with Crippen LogP contribution in [0.1, 0.15) is 118 Å². The van der Waals surface area contributed by atoms with Crippen LogP contribution in [0, 0.1) is 6.92 Å². The van der Waals surface area contributed by atoms with Crippen molar-refractivity contribution in [2.45, 2.75) is 111 Å². The Morgan fingerprint density at radius 2 is 1.62 bits per heavy atom. The lowest BCUT2D eigenvalue weighted by Crippen LogP contribution is -2.30. The maximum absolute atomic E-state index is 13.4. The zero-order valence-electron chi connectivity index (χ0n) is 24.9. The molecule has 0 aliphatic carbocycles. The Bertz CT molecular complexity index is 1160. The molecule has 39 heavy (non-hydrogen) atoms. The van der Waals surface area contributed by atoms with Crippen LogP contribution in [0.4, 0.5) is 5.69 Å². The number of benzene rings is 2. The predicted octanol–water partition coefficient (Wildman–Crippen LogP) is 9.24. The van der Waals surface area contributed by atoms with Crippen molar-refractivity contribution in [2.24, 2.45) is 0 Å². The number of rotatable bonds is 16. The molecule has 0 unspecified atom stereocenters. The van der Waals surface area contributed by atoms with Crippen molar-refractivity contribution in [1.29, 1.82) is 0 Å². The number of ether oxygens (including phenoxy) is 1. The van der Waals surface area contributed by atoms with E-state index in [-0.39, 0.29) is 11.3 Å². The van der Waals surface area contributed by atoms with E-state index in [1.807, 2.05) is 30.3 Å². The second-order valence-electron chi connectivity index (χ2n) is 11.8. The molecule has 0 radical (unpaired) electrons. The predicted molar refractivity (Wildman–Crippen MR) is 165 cm³/mol. The summed E-state index contributed by atoms with van der Waals surface area (Å²) in [5.74, 6) is 0.543. The van der Waals surface area contributed by atoms with E-state index in [2.05, 4.69) is 68.3 Å². The van der Waals surface area contributed by atoms with Crippen LogP contribution < -0.4 is 14.6 Å². The first kappa shape index (κ1) is 30.9. The Morgan fingerprint density at radius 3 is 2.26 bits per heavy atom. The molecule has 1 amide bonds. The fourth-order valence-electron chi connectivity index (χ4n) is 4.75. The molecule has 0 atom stereocenters. The molecule has 1 N–H and O–H groups in total. The molecule has 4 nitrogen and oxygen atoms in total. The quantitative estimate of drug-likeness (QED) is 0.143. The number of carbonyl (C=O) groups is 1. The maximum atomic E-state index is 13.4. The minimum absolute atomic E-state index is 0.0176. The number of amides is 1. The van der Waals surface area contributed by atoms with E-state index >= 15 is 0 Å². The van der Waals surface area contributed by atoms with Crippen LogP contribution in [0.2, 0.25) is 0 Å². The first-order valence-electron chi connectivity index (χ1n) is 14.9. The van der Waals surface area contributed by atoms with Gasteiger partial charge >= 0.3 is 0 Å². The summed E-state index contributed by atoms with van der Waals surface area (Å²) in [7, 11) is 0. The number of hydrogen-bond donors (Lipinski definition) is 1. The lowest BCUT2D eigenvalue weighted by Gasteiger charge is -2.21. The maximum Gasteiger partial charge on any atom is 0.259 e. The summed E-state index contributed by atoms with van der Waals surface area (Å²) in [5, 5.41) is 3.11. The summed E-state index contributed by atoms with van der Waals surface area (Å²) < 4.78 is 8.42. The first-order valence-corrected chi connectivity index (χ1v) is 15.8. The Hall–Kier alpha value is -2.66. The number of unbranched alkanes of at least 4 members (excludes halogenated alkanes) is 9. The van der Waals surface area contributed by atoms with Gasteiger partial charge in [0.05, 0.1) is 17.0 Å². The highest BCUT2D eigenvalue weighted by Crippen LogP contribution is 2.30. The molecule has 0 bridgehead atoms. The van der Waals surface area contributed by atoms with Gasteiger partial charge in [0.2, 0.25) is 5.51 Å². The van der Waals surface area contributed by atoms with Gasteiger partial charge < -0.3 is 10.1 Å². The van der Waals surface area contributed by atoms with Crippen LogP contribution in [-0.2, 0) is 12.0 Å². The summed E-state index contributed by atoms with van der Waals surface area (Å²) in [6.07, 6.45) is 15.0. The molecule has 1 heterocycles. The summed E-state index contributed by atoms with van der Waals surface area (Å²) in [5.41, 5.74) is 5.80. The van der Waals surface area contributed by atoms with Crippen LogP contribution in [-0.4, -0.2) is 12.5 Å². The van der Waals surface area contributed by atoms with Gasteiger partial charge in [0.1, 0.15) is 5.75 Å². The minimum Gasteiger partial charge on any atom is -0.493 e. The first-order chi connectivity index (χ1) is 18.8. The third kappa shape index (κ3) is 10.8. The van der Waals surface area contributed by atoms with Crippen molar-refractivity contribution in [3.8, 4) is 5.75 Å². The zero-order valence-corrected chi connectivity index (χ0v) is 25.7. The summed E-state index contributed by atoms with van der Waals surface area (Å²) in [4.78, 5) is 14.7. The highest BCUT2D eigenvalue weighted by molar-refractivity contribution is 7.09. The largest absolute Gasteiger partial charge is 0.493 e. The van der Waals surface area contributed by atoms with Gasteiger partial charge in [0.15, 0.2) is 12.7 Å². The number of nitrogens with one attached hydrogen (secondary N) is 1. The van der Waals surface area contributed by atoms with Gasteiger partial charge in [-0.3, -0.25) is 4.79 Å². The molecule has 3 aromatic rings. The van der Waals surface area contributed by atoms with Crippen LogP contribution in [0.15, 0.2) is 54.2 Å². The third-order valence-corrected chi connectivity index (χ3v) is 7.97. The van der Waals surface area contributed by atoms with Crippen molar-refractivity contribution in [3.05, 3.63) is 75.7 Å². The van der Waals surface area contributed by atoms with Crippen molar-refractivity contribution >= 4 is 22.9 Å². The average Bonchev–Trinajstić information content (AvgIpc) is 3.31. The monoisotopic (exact) mass is 549 g/mol. The number of hydrogen-bond acceptors (Lipinski definition) is 3. The van der Waals surface area contributed by atoms with Crippen molar-refractivity contribution < 1.29 is 14.1 Å². The lowest BCUT2D eigenvalue weighted by atomic mass is 9.86. The number of anilines is 1. The molecule has 0 aliphatic heterocycles. The van der Waals surface area contributed by atoms with E-state index in [1.54, 1.807) is 11.3 Å². The fraction of sp³-hybridized carbons (Fsp3) is 0.529. The van der Waals surface area contributed by atoms with Gasteiger partial charge in [0, 0.05) is 11.3 Å². The van der Waals surface area contributed by atoms with E-state index in [0.29, 0.717) is 17.9 Å². The normalized spacial score (nSPS) is 11.5. The van der Waals surface area contributed by atoms with E-state index in [0.717, 1.165) is 24.2 Å². The van der Waals surface area contributed by atoms with Crippen molar-refractivity contribution in [2.75, 3.05) is 11.9 Å². The average molecular weight is 550 g/mol. The number of aryl methyl sites for hydroxylation is 1. The smallest absolute Gasteiger partial charge is 0.259 e. The van der Waals surface area contributed by atoms with Crippen LogP contribution >= 0.6 is 11.3 Å². The topological polar surface area (TPSA) is 42.2 Å². The van der Waals surface area contributed by atoms with Crippen molar-refractivity contribution in [1.82, 2.24) is 0 Å². The molecule has 1 aromatic heterocycles. The van der Waals surface area contributed by atoms with E-state index in [1.165, 1.54) is 68.2 Å². The molecule has 212 valence electrons. The molecule has 3 rings (SSSR count). The highest BCUT2D eigenvalue weighted by atomic mass is 32.1. The molecule has 5 heteroatoms. The summed E-state index contributed by atoms with van der Waals surface area (Å²) in [6.45, 7) is 12.4. The SMILES string of the molecule is CCCCCCCCCCCCOc1cc(C(C)(C)C)ccc1C(=O)Nc1cccc(C[n+]2csc(C)c2)c1. The molecule has 0 saturated heterocycles. The number of nitrogens with zero attached hydrogens (tertiary/aromatic N) is 1. The van der Waals surface area contributed by atoms with Gasteiger partial charge in [0.25, 0.3) is 5.91 Å². The Kier molecular flexibility index (Phi) is 12.5. The Morgan fingerprint density at radius 1 is 0.923 bits per heavy atom. The fourth-order valence-corrected chi connectivity index (χ4v) is 5.39. The van der Waals surface area contributed by atoms with Crippen molar-refractivity contribution in [3.63, 3.8) is 0 Å². The minimum atomic E-state index is -0.135. The standard InChI is InChI=1S/C34H48N2O2S/c1-6-7-8-9-10-11-12-13-14-15-21-38-32-23-29(34(3,4)5)19-20-31(32)33(37)35-30-18-16-17-28(22-30)25-36-24-27(2)39-26-36/h16-20,22-24,26H,6-15,21,25H2,1-5H3/p+1. The van der Waals surface area contributed by atoms with Crippen LogP contribution in [0.3, 0.4) is 0 Å². The van der Waals surface area contributed by atoms with Gasteiger partial charge in [-0.05, 0) is 48.6 Å². The number of aromatic nitrogens is 1. The molecular formula is C34H49N2O2S+. The summed E-state index contributed by atoms with van der Waals surface area (Å²) in [6, 6.07) is 14.1. The molecule has 0 fully saturated rings. The molecule has 0 spiro atoms. The van der Waals surface area contributed by atoms with Gasteiger partial charge in [-0.2, -0.15) is 4.57 Å². The van der Waals surface area contributed by atoms with Crippen LogP contribution in [0.25, 0.3) is 0 Å². The Balaban J connectivity index is 1.56. The molecule has 0 aliphatic rings. The third-order valence-electron chi connectivity index (χ3n) is 7.12. The van der Waals surface area contributed by atoms with E-state index in [4.69, 9.17) is 4.74 Å². The van der Waals surface area contributed by atoms with E-state index in [9.17, 15) is 4.79 Å². The molecule has 0 saturated carbocycles. The highest BCUT2D eigenvalue weighted by Gasteiger charge is 2.20. The van der Waals surface area contributed by atoms with Crippen LogP contribution in [0.5, 0.6) is 5.75 Å². The molecule has 2 aromatic carbocycles. The number of carbonyl (C=O) groups excluding carboxylic acids is 1. The number of thiazole rings is 1. The van der Waals surface area contributed by atoms with Gasteiger partial charge in [-0.1, -0.05) is 115 Å². The molecular weight excluding hydrogens is 500 g/mol. The summed E-state index contributed by atoms with van der Waals surface area (Å²) >= 11 is 1.74. The van der Waals surface area contributed by atoms with Gasteiger partial charge in [-0.15, -0.1) is 0 Å².